The topological polar surface area (TPSA) is 197 Å². The number of ether oxygens (including phenoxy) is 2. The first-order valence-corrected chi connectivity index (χ1v) is 17.5. The summed E-state index contributed by atoms with van der Waals surface area (Å²) >= 11 is 6.53. The summed E-state index contributed by atoms with van der Waals surface area (Å²) in [5.74, 6) is -1.08. The number of carbonyl (C=O) groups excluding carboxylic acids is 4. The molecule has 2 unspecified atom stereocenters. The van der Waals surface area contributed by atoms with Gasteiger partial charge in [-0.2, -0.15) is 4.98 Å². The molecule has 3 atom stereocenters. The van der Waals surface area contributed by atoms with E-state index in [1.807, 2.05) is 17.0 Å². The first kappa shape index (κ1) is 35.8. The molecular formula is C36H37ClN8O8. The highest BCUT2D eigenvalue weighted by Gasteiger charge is 2.46. The number of aromatic nitrogens is 3. The molecule has 2 aromatic carbocycles. The Hall–Kier alpha value is -5.58. The molecule has 16 nitrogen and oxygen atoms in total. The van der Waals surface area contributed by atoms with Crippen molar-refractivity contribution >= 4 is 63.6 Å². The molecule has 17 heteroatoms. The van der Waals surface area contributed by atoms with Gasteiger partial charge in [0, 0.05) is 43.5 Å². The predicted octanol–water partition coefficient (Wildman–Crippen LogP) is 2.34. The summed E-state index contributed by atoms with van der Waals surface area (Å²) in [5, 5.41) is 19.0. The smallest absolute Gasteiger partial charge is 0.293 e. The lowest BCUT2D eigenvalue weighted by Crippen LogP contribution is -2.54. The monoisotopic (exact) mass is 744 g/mol. The molecule has 5 heterocycles. The number of hydrogen-bond acceptors (Lipinski definition) is 13. The molecule has 0 spiro atoms. The van der Waals surface area contributed by atoms with Crippen LogP contribution in [0.2, 0.25) is 5.02 Å². The van der Waals surface area contributed by atoms with E-state index in [4.69, 9.17) is 26.1 Å². The van der Waals surface area contributed by atoms with Crippen molar-refractivity contribution in [3.8, 4) is 11.5 Å². The van der Waals surface area contributed by atoms with Gasteiger partial charge in [0.2, 0.25) is 17.8 Å². The molecule has 3 aliphatic heterocycles. The second-order valence-corrected chi connectivity index (χ2v) is 13.6. The maximum Gasteiger partial charge on any atom is 0.293 e. The minimum atomic E-state index is -1.06. The number of aryl methyl sites for hydroxylation is 1. The maximum absolute atomic E-state index is 13.5. The van der Waals surface area contributed by atoms with Gasteiger partial charge in [-0.05, 0) is 62.7 Å². The van der Waals surface area contributed by atoms with Crippen LogP contribution in [0.4, 0.5) is 17.5 Å². The number of benzene rings is 2. The number of nitrogens with one attached hydrogen (secondary N) is 3. The molecule has 0 radical (unpaired) electrons. The van der Waals surface area contributed by atoms with Gasteiger partial charge in [0.1, 0.15) is 29.6 Å². The second kappa shape index (κ2) is 14.8. The molecule has 0 saturated carbocycles. The van der Waals surface area contributed by atoms with Gasteiger partial charge in [-0.25, -0.2) is 4.98 Å². The fourth-order valence-corrected chi connectivity index (χ4v) is 6.95. The molecule has 3 aliphatic rings. The Labute approximate surface area is 308 Å². The maximum atomic E-state index is 13.5. The van der Waals surface area contributed by atoms with E-state index >= 15 is 0 Å². The van der Waals surface area contributed by atoms with Crippen LogP contribution < -0.4 is 35.9 Å². The lowest BCUT2D eigenvalue weighted by atomic mass is 9.99. The number of aliphatic hydroxyl groups excluding tert-OH is 1. The van der Waals surface area contributed by atoms with Gasteiger partial charge in [0.25, 0.3) is 17.4 Å². The Morgan fingerprint density at radius 3 is 2.68 bits per heavy atom. The number of halogens is 1. The molecule has 2 saturated heterocycles. The van der Waals surface area contributed by atoms with Crippen LogP contribution in [0.1, 0.15) is 46.4 Å². The van der Waals surface area contributed by atoms with Crippen LogP contribution in [-0.2, 0) is 16.6 Å². The third-order valence-corrected chi connectivity index (χ3v) is 9.90. The highest BCUT2D eigenvalue weighted by Crippen LogP contribution is 2.35. The Morgan fingerprint density at radius 1 is 1.06 bits per heavy atom. The van der Waals surface area contributed by atoms with Gasteiger partial charge in [0.05, 0.1) is 29.4 Å². The molecule has 53 heavy (non-hydrogen) atoms. The number of amides is 4. The molecule has 276 valence electrons. The lowest BCUT2D eigenvalue weighted by Gasteiger charge is -2.33. The Morgan fingerprint density at radius 2 is 1.89 bits per heavy atom. The van der Waals surface area contributed by atoms with E-state index in [2.05, 4.69) is 20.9 Å². The number of pyridine rings is 1. The fraction of sp³-hybridized carbons (Fsp3) is 0.361. The number of anilines is 3. The first-order valence-electron chi connectivity index (χ1n) is 17.2. The largest absolute Gasteiger partial charge is 0.492 e. The van der Waals surface area contributed by atoms with Crippen molar-refractivity contribution in [3.05, 3.63) is 75.2 Å². The highest BCUT2D eigenvalue weighted by atomic mass is 35.5. The van der Waals surface area contributed by atoms with E-state index in [0.717, 1.165) is 17.7 Å². The van der Waals surface area contributed by atoms with Gasteiger partial charge in [-0.3, -0.25) is 39.5 Å². The van der Waals surface area contributed by atoms with Crippen LogP contribution in [0, 0.1) is 5.92 Å². The SMILES string of the molecule is CNC(O)COc1cc2cc(Nc3nc(N4CCC[C@H](COc5cccc6c5C(=O)N(C5CCC(=O)NC5=O)C6=O)C4)ncc3Cl)ccc2n(C)c1=O. The van der Waals surface area contributed by atoms with Crippen molar-refractivity contribution in [2.45, 2.75) is 38.0 Å². The molecule has 0 bridgehead atoms. The van der Waals surface area contributed by atoms with Gasteiger partial charge in [-0.1, -0.05) is 17.7 Å². The van der Waals surface area contributed by atoms with E-state index in [1.54, 1.807) is 38.4 Å². The number of hydrogen-bond donors (Lipinski definition) is 4. The summed E-state index contributed by atoms with van der Waals surface area (Å²) < 4.78 is 13.2. The van der Waals surface area contributed by atoms with Crippen LogP contribution in [-0.4, -0.2) is 93.8 Å². The molecule has 2 fully saturated rings. The van der Waals surface area contributed by atoms with E-state index in [9.17, 15) is 29.1 Å². The quantitative estimate of drug-likeness (QED) is 0.129. The summed E-state index contributed by atoms with van der Waals surface area (Å²) in [6, 6.07) is 10.8. The van der Waals surface area contributed by atoms with E-state index in [1.165, 1.54) is 16.8 Å². The van der Waals surface area contributed by atoms with Gasteiger partial charge in [-0.15, -0.1) is 0 Å². The van der Waals surface area contributed by atoms with Crippen molar-refractivity contribution in [2.24, 2.45) is 13.0 Å². The summed E-state index contributed by atoms with van der Waals surface area (Å²) in [7, 11) is 3.23. The third-order valence-electron chi connectivity index (χ3n) is 9.62. The third kappa shape index (κ3) is 7.12. The minimum Gasteiger partial charge on any atom is -0.492 e. The van der Waals surface area contributed by atoms with Crippen LogP contribution >= 0.6 is 11.6 Å². The summed E-state index contributed by atoms with van der Waals surface area (Å²) in [6.07, 6.45) is 2.38. The van der Waals surface area contributed by atoms with Crippen LogP contribution in [0.15, 0.2) is 53.5 Å². The number of imide groups is 2. The minimum absolute atomic E-state index is 0.0338. The Balaban J connectivity index is 1.03. The van der Waals surface area contributed by atoms with E-state index in [0.29, 0.717) is 46.5 Å². The number of rotatable bonds is 11. The van der Waals surface area contributed by atoms with E-state index < -0.39 is 35.9 Å². The number of aliphatic hydroxyl groups is 1. The van der Waals surface area contributed by atoms with Crippen LogP contribution in [0.25, 0.3) is 10.9 Å². The Bertz CT molecular complexity index is 2190. The molecule has 2 aromatic heterocycles. The molecule has 7 rings (SSSR count). The van der Waals surface area contributed by atoms with Crippen LogP contribution in [0.5, 0.6) is 11.5 Å². The zero-order valence-corrected chi connectivity index (χ0v) is 29.7. The van der Waals surface area contributed by atoms with Crippen molar-refractivity contribution in [2.75, 3.05) is 43.6 Å². The summed E-state index contributed by atoms with van der Waals surface area (Å²) in [5.41, 5.74) is 1.28. The van der Waals surface area contributed by atoms with Gasteiger partial charge in [0.15, 0.2) is 11.6 Å². The zero-order valence-electron chi connectivity index (χ0n) is 28.9. The van der Waals surface area contributed by atoms with Crippen molar-refractivity contribution < 1.29 is 33.8 Å². The first-order chi connectivity index (χ1) is 25.5. The summed E-state index contributed by atoms with van der Waals surface area (Å²) in [6.45, 7) is 1.41. The molecule has 0 aliphatic carbocycles. The highest BCUT2D eigenvalue weighted by molar-refractivity contribution is 6.33. The normalized spacial score (nSPS) is 19.3. The molecule has 4 amide bonds. The number of nitrogens with zero attached hydrogens (tertiary/aromatic N) is 5. The fourth-order valence-electron chi connectivity index (χ4n) is 6.82. The predicted molar refractivity (Wildman–Crippen MR) is 194 cm³/mol. The molecule has 4 aromatic rings. The van der Waals surface area contributed by atoms with Crippen molar-refractivity contribution in [3.63, 3.8) is 0 Å². The van der Waals surface area contributed by atoms with Gasteiger partial charge >= 0.3 is 0 Å². The standard InChI is InChI=1S/C36H37ClN8O8/c1-38-29(47)18-53-27-14-20-13-21(8-9-24(20)43(2)34(27)50)40-31-23(37)15-39-36(42-31)44-12-4-5-19(16-44)17-52-26-7-3-6-22-30(26)35(51)45(33(22)49)25-10-11-28(46)41-32(25)48/h3,6-9,13-15,19,25,29,38,47H,4-5,10-12,16-18H2,1-2H3,(H,39,40,42)(H,41,46,48)/t19-,25?,29?/m0/s1. The van der Waals surface area contributed by atoms with Gasteiger partial charge < -0.3 is 29.4 Å². The lowest BCUT2D eigenvalue weighted by molar-refractivity contribution is -0.136. The number of piperidine rings is 2. The van der Waals surface area contributed by atoms with E-state index in [-0.39, 0.29) is 60.2 Å². The summed E-state index contributed by atoms with van der Waals surface area (Å²) in [4.78, 5) is 75.9. The number of fused-ring (bicyclic) bond motifs is 2. The Kier molecular flexibility index (Phi) is 10.0. The molecular weight excluding hydrogens is 708 g/mol. The van der Waals surface area contributed by atoms with Crippen LogP contribution in [0.3, 0.4) is 0 Å². The zero-order chi connectivity index (χ0) is 37.4. The average Bonchev–Trinajstić information content (AvgIpc) is 3.41. The van der Waals surface area contributed by atoms with Crippen molar-refractivity contribution in [1.82, 2.24) is 30.1 Å². The second-order valence-electron chi connectivity index (χ2n) is 13.1. The molecule has 4 N–H and O–H groups in total. The number of carbonyl (C=O) groups is 4. The number of likely N-dealkylation sites (N-methyl/N-ethyl adjacent to an activating group) is 1. The average molecular weight is 745 g/mol. The van der Waals surface area contributed by atoms with Crippen molar-refractivity contribution in [1.29, 1.82) is 0 Å².